The molecule has 1 unspecified atom stereocenters. The van der Waals surface area contributed by atoms with Gasteiger partial charge in [-0.1, -0.05) is 6.07 Å². The van der Waals surface area contributed by atoms with Gasteiger partial charge in [-0.15, -0.1) is 24.0 Å². The van der Waals surface area contributed by atoms with E-state index in [1.807, 2.05) is 12.1 Å². The highest BCUT2D eigenvalue weighted by Gasteiger charge is 2.16. The molecule has 1 aromatic rings. The lowest BCUT2D eigenvalue weighted by atomic mass is 10.1. The van der Waals surface area contributed by atoms with Gasteiger partial charge in [0.05, 0.1) is 34.0 Å². The SMILES string of the molecule is CCNC(=NCCCOC1CCOC1)NCCc1ccc(OC)c(OC)c1OC.I. The number of benzene rings is 1. The minimum Gasteiger partial charge on any atom is -0.493 e. The van der Waals surface area contributed by atoms with E-state index < -0.39 is 0 Å². The van der Waals surface area contributed by atoms with Gasteiger partial charge >= 0.3 is 0 Å². The van der Waals surface area contributed by atoms with Gasteiger partial charge in [-0.3, -0.25) is 4.99 Å². The minimum absolute atomic E-state index is 0. The molecule has 9 heteroatoms. The average Bonchev–Trinajstić information content (AvgIpc) is 3.26. The Balaban J connectivity index is 0.00000450. The molecule has 0 bridgehead atoms. The van der Waals surface area contributed by atoms with Crippen LogP contribution in [0.1, 0.15) is 25.3 Å². The molecule has 0 aliphatic carbocycles. The number of hydrogen-bond acceptors (Lipinski definition) is 6. The minimum atomic E-state index is 0. The second kappa shape index (κ2) is 15.4. The normalized spacial score (nSPS) is 16.0. The van der Waals surface area contributed by atoms with Crippen molar-refractivity contribution in [2.45, 2.75) is 32.3 Å². The summed E-state index contributed by atoms with van der Waals surface area (Å²) in [5.74, 6) is 2.77. The van der Waals surface area contributed by atoms with E-state index >= 15 is 0 Å². The largest absolute Gasteiger partial charge is 0.493 e. The lowest BCUT2D eigenvalue weighted by Gasteiger charge is -2.16. The van der Waals surface area contributed by atoms with Gasteiger partial charge in [-0.25, -0.2) is 0 Å². The molecule has 8 nitrogen and oxygen atoms in total. The van der Waals surface area contributed by atoms with Crippen LogP contribution in [0, 0.1) is 0 Å². The molecule has 1 saturated heterocycles. The highest BCUT2D eigenvalue weighted by Crippen LogP contribution is 2.39. The zero-order valence-electron chi connectivity index (χ0n) is 18.5. The van der Waals surface area contributed by atoms with Crippen molar-refractivity contribution >= 4 is 29.9 Å². The first-order valence-corrected chi connectivity index (χ1v) is 10.2. The number of hydrogen-bond donors (Lipinski definition) is 2. The van der Waals surface area contributed by atoms with E-state index in [2.05, 4.69) is 22.5 Å². The van der Waals surface area contributed by atoms with E-state index in [0.29, 0.717) is 43.6 Å². The molecule has 0 spiro atoms. The molecule has 2 N–H and O–H groups in total. The summed E-state index contributed by atoms with van der Waals surface area (Å²) in [7, 11) is 4.87. The summed E-state index contributed by atoms with van der Waals surface area (Å²) in [6.45, 7) is 6.52. The number of rotatable bonds is 12. The number of methoxy groups -OCH3 is 3. The molecule has 1 aliphatic rings. The highest BCUT2D eigenvalue weighted by molar-refractivity contribution is 14.0. The molecular weight excluding hydrogens is 501 g/mol. The Hall–Kier alpha value is -1.46. The first-order chi connectivity index (χ1) is 14.2. The van der Waals surface area contributed by atoms with Crippen LogP contribution in [0.25, 0.3) is 0 Å². The third-order valence-electron chi connectivity index (χ3n) is 4.63. The Kier molecular flexibility index (Phi) is 13.6. The molecule has 0 amide bonds. The zero-order valence-corrected chi connectivity index (χ0v) is 20.8. The monoisotopic (exact) mass is 537 g/mol. The van der Waals surface area contributed by atoms with Gasteiger partial charge in [0.1, 0.15) is 0 Å². The van der Waals surface area contributed by atoms with Gasteiger partial charge in [0.2, 0.25) is 5.75 Å². The first kappa shape index (κ1) is 26.6. The summed E-state index contributed by atoms with van der Waals surface area (Å²) in [5, 5.41) is 6.64. The van der Waals surface area contributed by atoms with Crippen molar-refractivity contribution in [2.24, 2.45) is 4.99 Å². The Morgan fingerprint density at radius 1 is 1.13 bits per heavy atom. The van der Waals surface area contributed by atoms with E-state index in [4.69, 9.17) is 23.7 Å². The Bertz CT molecular complexity index is 639. The molecule has 30 heavy (non-hydrogen) atoms. The van der Waals surface area contributed by atoms with Crippen LogP contribution in [0.3, 0.4) is 0 Å². The second-order valence-corrected chi connectivity index (χ2v) is 6.64. The maximum atomic E-state index is 5.78. The molecule has 172 valence electrons. The molecule has 1 fully saturated rings. The van der Waals surface area contributed by atoms with Gasteiger partial charge in [-0.2, -0.15) is 0 Å². The van der Waals surface area contributed by atoms with Gasteiger partial charge in [0.15, 0.2) is 17.5 Å². The molecule has 1 aliphatic heterocycles. The topological polar surface area (TPSA) is 82.6 Å². The van der Waals surface area contributed by atoms with E-state index in [1.54, 1.807) is 21.3 Å². The predicted molar refractivity (Wildman–Crippen MR) is 129 cm³/mol. The standard InChI is InChI=1S/C21H35N3O5.HI/c1-5-22-21(23-11-6-13-29-17-10-14-28-15-17)24-12-9-16-7-8-18(25-2)20(27-4)19(16)26-3;/h7-8,17H,5-6,9-15H2,1-4H3,(H2,22,23,24);1H. The van der Waals surface area contributed by atoms with Crippen LogP contribution in [0.4, 0.5) is 0 Å². The molecule has 1 heterocycles. The van der Waals surface area contributed by atoms with Crippen LogP contribution >= 0.6 is 24.0 Å². The summed E-state index contributed by atoms with van der Waals surface area (Å²) in [6.07, 6.45) is 2.89. The van der Waals surface area contributed by atoms with E-state index in [1.165, 1.54) is 0 Å². The van der Waals surface area contributed by atoms with Crippen LogP contribution in [0.5, 0.6) is 17.2 Å². The van der Waals surface area contributed by atoms with Gasteiger partial charge in [-0.05, 0) is 32.3 Å². The lowest BCUT2D eigenvalue weighted by molar-refractivity contribution is 0.0424. The third kappa shape index (κ3) is 8.35. The van der Waals surface area contributed by atoms with Crippen LogP contribution in [0.2, 0.25) is 0 Å². The fourth-order valence-electron chi connectivity index (χ4n) is 3.17. The van der Waals surface area contributed by atoms with Crippen LogP contribution in [-0.4, -0.2) is 72.8 Å². The number of guanidine groups is 1. The smallest absolute Gasteiger partial charge is 0.203 e. The Morgan fingerprint density at radius 3 is 2.57 bits per heavy atom. The first-order valence-electron chi connectivity index (χ1n) is 10.2. The van der Waals surface area contributed by atoms with Crippen molar-refractivity contribution in [3.63, 3.8) is 0 Å². The quantitative estimate of drug-likeness (QED) is 0.184. The van der Waals surface area contributed by atoms with Crippen LogP contribution < -0.4 is 24.8 Å². The average molecular weight is 537 g/mol. The lowest BCUT2D eigenvalue weighted by Crippen LogP contribution is -2.38. The molecule has 2 rings (SSSR count). The van der Waals surface area contributed by atoms with E-state index in [9.17, 15) is 0 Å². The molecule has 0 saturated carbocycles. The van der Waals surface area contributed by atoms with Gasteiger partial charge in [0.25, 0.3) is 0 Å². The summed E-state index contributed by atoms with van der Waals surface area (Å²) >= 11 is 0. The van der Waals surface area contributed by atoms with Crippen molar-refractivity contribution in [2.75, 3.05) is 60.8 Å². The van der Waals surface area contributed by atoms with Gasteiger partial charge < -0.3 is 34.3 Å². The maximum Gasteiger partial charge on any atom is 0.203 e. The van der Waals surface area contributed by atoms with Crippen LogP contribution in [0.15, 0.2) is 17.1 Å². The number of nitrogens with zero attached hydrogens (tertiary/aromatic N) is 1. The van der Waals surface area contributed by atoms with Gasteiger partial charge in [0, 0.05) is 38.4 Å². The summed E-state index contributed by atoms with van der Waals surface area (Å²) < 4.78 is 27.4. The fourth-order valence-corrected chi connectivity index (χ4v) is 3.17. The van der Waals surface area contributed by atoms with Crippen molar-refractivity contribution in [1.29, 1.82) is 0 Å². The van der Waals surface area contributed by atoms with Crippen molar-refractivity contribution in [3.05, 3.63) is 17.7 Å². The molecule has 1 aromatic carbocycles. The fraction of sp³-hybridized carbons (Fsp3) is 0.667. The number of aliphatic imine (C=N–C) groups is 1. The second-order valence-electron chi connectivity index (χ2n) is 6.64. The predicted octanol–water partition coefficient (Wildman–Crippen LogP) is 2.62. The Labute approximate surface area is 197 Å². The summed E-state index contributed by atoms with van der Waals surface area (Å²) in [6, 6.07) is 3.89. The maximum absolute atomic E-state index is 5.78. The zero-order chi connectivity index (χ0) is 20.9. The van der Waals surface area contributed by atoms with Crippen molar-refractivity contribution in [3.8, 4) is 17.2 Å². The van der Waals surface area contributed by atoms with E-state index in [-0.39, 0.29) is 30.1 Å². The van der Waals surface area contributed by atoms with Crippen molar-refractivity contribution < 1.29 is 23.7 Å². The molecular formula is C21H36IN3O5. The molecule has 0 aromatic heterocycles. The van der Waals surface area contributed by atoms with E-state index in [0.717, 1.165) is 43.9 Å². The highest BCUT2D eigenvalue weighted by atomic mass is 127. The number of halogens is 1. The summed E-state index contributed by atoms with van der Waals surface area (Å²) in [5.41, 5.74) is 1.04. The number of nitrogens with one attached hydrogen (secondary N) is 2. The Morgan fingerprint density at radius 2 is 1.93 bits per heavy atom. The number of ether oxygens (including phenoxy) is 5. The molecule has 0 radical (unpaired) electrons. The third-order valence-corrected chi connectivity index (χ3v) is 4.63. The summed E-state index contributed by atoms with van der Waals surface area (Å²) in [4.78, 5) is 4.62. The van der Waals surface area contributed by atoms with Crippen molar-refractivity contribution in [1.82, 2.24) is 10.6 Å². The molecule has 1 atom stereocenters. The van der Waals surface area contributed by atoms with Crippen LogP contribution in [-0.2, 0) is 15.9 Å².